The number of hydrogen-bond donors (Lipinski definition) is 1. The molecule has 1 N–H and O–H groups in total. The topological polar surface area (TPSA) is 84.7 Å². The maximum absolute atomic E-state index is 4.61. The minimum absolute atomic E-state index is 0.389. The lowest BCUT2D eigenvalue weighted by Crippen LogP contribution is -2.33. The Bertz CT molecular complexity index is 839. The Morgan fingerprint density at radius 1 is 1.00 bits per heavy atom. The number of imidazole rings is 1. The van der Waals surface area contributed by atoms with E-state index in [0.717, 1.165) is 49.8 Å². The van der Waals surface area contributed by atoms with Crippen molar-refractivity contribution in [2.24, 2.45) is 7.05 Å². The molecular weight excluding hydrogens is 328 g/mol. The van der Waals surface area contributed by atoms with Crippen LogP contribution in [0, 0.1) is 0 Å². The van der Waals surface area contributed by atoms with Gasteiger partial charge in [0.15, 0.2) is 5.82 Å². The number of rotatable bonds is 5. The first-order chi connectivity index (χ1) is 12.8. The Morgan fingerprint density at radius 3 is 2.54 bits per heavy atom. The summed E-state index contributed by atoms with van der Waals surface area (Å²) in [5.74, 6) is 2.95. The molecule has 0 aliphatic carbocycles. The molecule has 3 aromatic rings. The minimum Gasteiger partial charge on any atom is -0.337 e. The van der Waals surface area contributed by atoms with Crippen LogP contribution in [0.3, 0.4) is 0 Å². The van der Waals surface area contributed by atoms with Crippen molar-refractivity contribution in [3.63, 3.8) is 0 Å². The van der Waals surface area contributed by atoms with Crippen LogP contribution in [-0.2, 0) is 13.6 Å². The van der Waals surface area contributed by atoms with Crippen LogP contribution in [0.4, 0.5) is 11.6 Å². The first-order valence-corrected chi connectivity index (χ1v) is 8.82. The Kier molecular flexibility index (Phi) is 4.83. The van der Waals surface area contributed by atoms with Crippen molar-refractivity contribution in [3.05, 3.63) is 54.9 Å². The average molecular weight is 350 g/mol. The second-order valence-corrected chi connectivity index (χ2v) is 6.51. The highest BCUT2D eigenvalue weighted by molar-refractivity contribution is 5.53. The summed E-state index contributed by atoms with van der Waals surface area (Å²) in [5, 5.41) is 3.25. The smallest absolute Gasteiger partial charge is 0.153 e. The van der Waals surface area contributed by atoms with Crippen LogP contribution in [-0.4, -0.2) is 47.5 Å². The normalized spacial score (nSPS) is 15.9. The molecule has 8 nitrogen and oxygen atoms in total. The van der Waals surface area contributed by atoms with Gasteiger partial charge in [0.25, 0.3) is 0 Å². The summed E-state index contributed by atoms with van der Waals surface area (Å²) in [5.41, 5.74) is 1.01. The van der Waals surface area contributed by atoms with Crippen molar-refractivity contribution in [1.29, 1.82) is 0 Å². The molecule has 8 heteroatoms. The maximum Gasteiger partial charge on any atom is 0.153 e. The SMILES string of the molecule is Cn1ccnc1CN1CCC(c2nccnc2Nc2cnccn2)CC1. The first kappa shape index (κ1) is 16.6. The maximum atomic E-state index is 4.61. The van der Waals surface area contributed by atoms with E-state index >= 15 is 0 Å². The monoisotopic (exact) mass is 350 g/mol. The number of nitrogens with one attached hydrogen (secondary N) is 1. The molecule has 1 aliphatic rings. The molecule has 26 heavy (non-hydrogen) atoms. The number of anilines is 2. The zero-order valence-electron chi connectivity index (χ0n) is 14.8. The van der Waals surface area contributed by atoms with Crippen LogP contribution in [0.25, 0.3) is 0 Å². The molecule has 1 aliphatic heterocycles. The third-order valence-electron chi connectivity index (χ3n) is 4.80. The van der Waals surface area contributed by atoms with Crippen molar-refractivity contribution in [2.45, 2.75) is 25.3 Å². The highest BCUT2D eigenvalue weighted by atomic mass is 15.2. The van der Waals surface area contributed by atoms with Gasteiger partial charge in [-0.2, -0.15) is 0 Å². The van der Waals surface area contributed by atoms with Gasteiger partial charge in [-0.15, -0.1) is 0 Å². The van der Waals surface area contributed by atoms with Gasteiger partial charge in [-0.3, -0.25) is 14.9 Å². The summed E-state index contributed by atoms with van der Waals surface area (Å²) in [4.78, 5) is 24.3. The van der Waals surface area contributed by atoms with Crippen LogP contribution < -0.4 is 5.32 Å². The molecule has 134 valence electrons. The average Bonchev–Trinajstić information content (AvgIpc) is 3.08. The standard InChI is InChI=1S/C18H22N8/c1-25-11-8-21-16(25)13-26-9-2-14(3-10-26)17-18(23-7-6-22-17)24-15-12-19-4-5-20-15/h4-8,11-12,14H,2-3,9-10,13H2,1H3,(H,20,23,24). The largest absolute Gasteiger partial charge is 0.337 e. The van der Waals surface area contributed by atoms with Gasteiger partial charge in [0.05, 0.1) is 18.4 Å². The third kappa shape index (κ3) is 3.70. The number of aryl methyl sites for hydroxylation is 1. The van der Waals surface area contributed by atoms with Gasteiger partial charge in [-0.25, -0.2) is 15.0 Å². The predicted octanol–water partition coefficient (Wildman–Crippen LogP) is 2.12. The summed E-state index contributed by atoms with van der Waals surface area (Å²) in [6.07, 6.45) is 14.4. The summed E-state index contributed by atoms with van der Waals surface area (Å²) >= 11 is 0. The van der Waals surface area contributed by atoms with Gasteiger partial charge in [0, 0.05) is 50.1 Å². The van der Waals surface area contributed by atoms with E-state index in [1.54, 1.807) is 31.0 Å². The van der Waals surface area contributed by atoms with E-state index in [2.05, 4.69) is 39.7 Å². The molecule has 0 atom stereocenters. The second kappa shape index (κ2) is 7.57. The zero-order valence-corrected chi connectivity index (χ0v) is 14.8. The molecule has 4 rings (SSSR count). The van der Waals surface area contributed by atoms with E-state index in [0.29, 0.717) is 11.7 Å². The fourth-order valence-corrected chi connectivity index (χ4v) is 3.34. The summed E-state index contributed by atoms with van der Waals surface area (Å²) < 4.78 is 2.08. The lowest BCUT2D eigenvalue weighted by Gasteiger charge is -2.31. The van der Waals surface area contributed by atoms with Crippen LogP contribution in [0.15, 0.2) is 43.4 Å². The van der Waals surface area contributed by atoms with Crippen molar-refractivity contribution in [2.75, 3.05) is 18.4 Å². The van der Waals surface area contributed by atoms with E-state index in [1.165, 1.54) is 0 Å². The van der Waals surface area contributed by atoms with Gasteiger partial charge >= 0.3 is 0 Å². The van der Waals surface area contributed by atoms with E-state index in [-0.39, 0.29) is 0 Å². The molecule has 0 aromatic carbocycles. The van der Waals surface area contributed by atoms with Crippen molar-refractivity contribution in [3.8, 4) is 0 Å². The Labute approximate surface area is 152 Å². The van der Waals surface area contributed by atoms with E-state index < -0.39 is 0 Å². The number of aromatic nitrogens is 6. The lowest BCUT2D eigenvalue weighted by molar-refractivity contribution is 0.197. The number of nitrogens with zero attached hydrogens (tertiary/aromatic N) is 7. The third-order valence-corrected chi connectivity index (χ3v) is 4.80. The van der Waals surface area contributed by atoms with Crippen LogP contribution in [0.5, 0.6) is 0 Å². The van der Waals surface area contributed by atoms with Crippen LogP contribution >= 0.6 is 0 Å². The van der Waals surface area contributed by atoms with Crippen molar-refractivity contribution in [1.82, 2.24) is 34.4 Å². The van der Waals surface area contributed by atoms with Crippen molar-refractivity contribution >= 4 is 11.6 Å². The molecule has 3 aromatic heterocycles. The summed E-state index contributed by atoms with van der Waals surface area (Å²) in [6, 6.07) is 0. The van der Waals surface area contributed by atoms with Crippen molar-refractivity contribution < 1.29 is 0 Å². The molecule has 0 spiro atoms. The summed E-state index contributed by atoms with van der Waals surface area (Å²) in [6.45, 7) is 2.94. The molecule has 1 fully saturated rings. The fraction of sp³-hybridized carbons (Fsp3) is 0.389. The Hall–Kier alpha value is -2.87. The molecular formula is C18H22N8. The molecule has 1 saturated heterocycles. The molecule has 0 saturated carbocycles. The van der Waals surface area contributed by atoms with Gasteiger partial charge in [0.2, 0.25) is 0 Å². The molecule has 0 bridgehead atoms. The Morgan fingerprint density at radius 2 is 1.81 bits per heavy atom. The highest BCUT2D eigenvalue weighted by Crippen LogP contribution is 2.31. The van der Waals surface area contributed by atoms with E-state index in [9.17, 15) is 0 Å². The number of likely N-dealkylation sites (tertiary alicyclic amines) is 1. The predicted molar refractivity (Wildman–Crippen MR) is 97.8 cm³/mol. The Balaban J connectivity index is 1.42. The lowest BCUT2D eigenvalue weighted by atomic mass is 9.93. The number of hydrogen-bond acceptors (Lipinski definition) is 7. The van der Waals surface area contributed by atoms with Gasteiger partial charge in [-0.1, -0.05) is 0 Å². The van der Waals surface area contributed by atoms with Gasteiger partial charge < -0.3 is 9.88 Å². The van der Waals surface area contributed by atoms with E-state index in [4.69, 9.17) is 0 Å². The van der Waals surface area contributed by atoms with Gasteiger partial charge in [0.1, 0.15) is 11.6 Å². The minimum atomic E-state index is 0.389. The fourth-order valence-electron chi connectivity index (χ4n) is 3.34. The first-order valence-electron chi connectivity index (χ1n) is 8.82. The van der Waals surface area contributed by atoms with Gasteiger partial charge in [-0.05, 0) is 25.9 Å². The number of piperidine rings is 1. The van der Waals surface area contributed by atoms with Crippen LogP contribution in [0.1, 0.15) is 30.3 Å². The second-order valence-electron chi connectivity index (χ2n) is 6.51. The highest BCUT2D eigenvalue weighted by Gasteiger charge is 2.25. The van der Waals surface area contributed by atoms with E-state index in [1.807, 2.05) is 19.4 Å². The molecule has 4 heterocycles. The zero-order chi connectivity index (χ0) is 17.8. The molecule has 0 amide bonds. The molecule has 0 radical (unpaired) electrons. The molecule has 0 unspecified atom stereocenters. The van der Waals surface area contributed by atoms with Crippen LogP contribution in [0.2, 0.25) is 0 Å². The quantitative estimate of drug-likeness (QED) is 0.754. The summed E-state index contributed by atoms with van der Waals surface area (Å²) in [7, 11) is 2.04.